The molecule has 2 fully saturated rings. The molecule has 0 aromatic heterocycles. The highest BCUT2D eigenvalue weighted by Gasteiger charge is 2.45. The third kappa shape index (κ3) is 2.59. The average Bonchev–Trinajstić information content (AvgIpc) is 2.28. The Morgan fingerprint density at radius 1 is 1.17 bits per heavy atom. The van der Waals surface area contributed by atoms with E-state index in [9.17, 15) is 0 Å². The Morgan fingerprint density at radius 3 is 2.28 bits per heavy atom. The van der Waals surface area contributed by atoms with Gasteiger partial charge >= 0.3 is 0 Å². The summed E-state index contributed by atoms with van der Waals surface area (Å²) >= 11 is 0. The molecule has 2 N–H and O–H groups in total. The van der Waals surface area contributed by atoms with Crippen LogP contribution in [0, 0.1) is 11.8 Å². The van der Waals surface area contributed by atoms with Crippen LogP contribution in [0.1, 0.15) is 47.0 Å². The number of hydrogen-bond acceptors (Lipinski definition) is 3. The van der Waals surface area contributed by atoms with Crippen molar-refractivity contribution in [1.29, 1.82) is 0 Å². The van der Waals surface area contributed by atoms with Crippen LogP contribution in [0.25, 0.3) is 0 Å². The van der Waals surface area contributed by atoms with Crippen LogP contribution in [-0.2, 0) is 4.74 Å². The molecule has 106 valence electrons. The molecule has 2 aliphatic rings. The number of nitrogens with zero attached hydrogens (tertiary/aromatic N) is 1. The minimum Gasteiger partial charge on any atom is -0.373 e. The molecule has 0 spiro atoms. The average molecular weight is 254 g/mol. The van der Waals surface area contributed by atoms with E-state index in [0.717, 1.165) is 25.6 Å². The van der Waals surface area contributed by atoms with Gasteiger partial charge in [-0.05, 0) is 44.9 Å². The second-order valence-electron chi connectivity index (χ2n) is 6.75. The Balaban J connectivity index is 2.15. The fourth-order valence-electron chi connectivity index (χ4n) is 4.13. The van der Waals surface area contributed by atoms with Crippen molar-refractivity contribution in [2.75, 3.05) is 19.6 Å². The predicted octanol–water partition coefficient (Wildman–Crippen LogP) is 2.25. The second kappa shape index (κ2) is 5.48. The zero-order valence-electron chi connectivity index (χ0n) is 12.5. The molecule has 0 aromatic rings. The van der Waals surface area contributed by atoms with Gasteiger partial charge in [0.05, 0.1) is 12.2 Å². The maximum atomic E-state index is 6.21. The van der Waals surface area contributed by atoms with E-state index in [1.54, 1.807) is 0 Å². The maximum absolute atomic E-state index is 6.21. The maximum Gasteiger partial charge on any atom is 0.0678 e. The van der Waals surface area contributed by atoms with Crippen molar-refractivity contribution in [3.63, 3.8) is 0 Å². The van der Waals surface area contributed by atoms with E-state index in [2.05, 4.69) is 32.6 Å². The molecule has 18 heavy (non-hydrogen) atoms. The van der Waals surface area contributed by atoms with Crippen LogP contribution in [0.2, 0.25) is 0 Å². The van der Waals surface area contributed by atoms with Crippen molar-refractivity contribution in [3.05, 3.63) is 0 Å². The largest absolute Gasteiger partial charge is 0.373 e. The SMILES string of the molecule is CC1CCC(CN)(N2C[C@@H](C)O[C@@H](C)C2)C(C)C1. The van der Waals surface area contributed by atoms with E-state index in [-0.39, 0.29) is 5.54 Å². The van der Waals surface area contributed by atoms with Crippen molar-refractivity contribution in [2.24, 2.45) is 17.6 Å². The summed E-state index contributed by atoms with van der Waals surface area (Å²) < 4.78 is 5.87. The minimum atomic E-state index is 0.221. The molecule has 0 radical (unpaired) electrons. The molecule has 1 aliphatic carbocycles. The lowest BCUT2D eigenvalue weighted by Gasteiger charge is -2.54. The van der Waals surface area contributed by atoms with E-state index in [0.29, 0.717) is 18.1 Å². The molecule has 1 saturated carbocycles. The van der Waals surface area contributed by atoms with Gasteiger partial charge in [-0.25, -0.2) is 0 Å². The lowest BCUT2D eigenvalue weighted by Crippen LogP contribution is -2.64. The third-order valence-corrected chi connectivity index (χ3v) is 5.15. The van der Waals surface area contributed by atoms with Gasteiger partial charge in [-0.15, -0.1) is 0 Å². The summed E-state index contributed by atoms with van der Waals surface area (Å²) in [4.78, 5) is 2.64. The molecule has 0 aromatic carbocycles. The summed E-state index contributed by atoms with van der Waals surface area (Å²) in [5, 5.41) is 0. The molecule has 0 amide bonds. The number of nitrogens with two attached hydrogens (primary N) is 1. The normalized spacial score (nSPS) is 47.2. The number of rotatable bonds is 2. The molecule has 3 unspecified atom stereocenters. The minimum absolute atomic E-state index is 0.221. The van der Waals surface area contributed by atoms with Crippen LogP contribution in [0.4, 0.5) is 0 Å². The monoisotopic (exact) mass is 254 g/mol. The Morgan fingerprint density at radius 2 is 1.78 bits per heavy atom. The number of morpholine rings is 1. The van der Waals surface area contributed by atoms with E-state index in [4.69, 9.17) is 10.5 Å². The molecule has 1 heterocycles. The fraction of sp³-hybridized carbons (Fsp3) is 1.00. The first-order valence-corrected chi connectivity index (χ1v) is 7.58. The molecular weight excluding hydrogens is 224 g/mol. The highest BCUT2D eigenvalue weighted by molar-refractivity contribution is 5.01. The standard InChI is InChI=1S/C15H30N2O/c1-11-5-6-15(10-16,12(2)7-11)17-8-13(3)18-14(4)9-17/h11-14H,5-10,16H2,1-4H3/t11?,12?,13-,14+,15?. The Labute approximate surface area is 112 Å². The Hall–Kier alpha value is -0.120. The first kappa shape index (κ1) is 14.3. The first-order chi connectivity index (χ1) is 8.48. The fourth-order valence-corrected chi connectivity index (χ4v) is 4.13. The highest BCUT2D eigenvalue weighted by atomic mass is 16.5. The molecular formula is C15H30N2O. The van der Waals surface area contributed by atoms with Crippen molar-refractivity contribution >= 4 is 0 Å². The lowest BCUT2D eigenvalue weighted by atomic mass is 9.68. The summed E-state index contributed by atoms with van der Waals surface area (Å²) in [6.07, 6.45) is 4.57. The van der Waals surface area contributed by atoms with E-state index in [1.165, 1.54) is 19.3 Å². The van der Waals surface area contributed by atoms with E-state index < -0.39 is 0 Å². The van der Waals surface area contributed by atoms with Gasteiger partial charge in [-0.1, -0.05) is 13.8 Å². The van der Waals surface area contributed by atoms with Crippen molar-refractivity contribution in [3.8, 4) is 0 Å². The molecule has 1 aliphatic heterocycles. The highest BCUT2D eigenvalue weighted by Crippen LogP contribution is 2.41. The van der Waals surface area contributed by atoms with Crippen LogP contribution >= 0.6 is 0 Å². The van der Waals surface area contributed by atoms with Crippen molar-refractivity contribution in [2.45, 2.75) is 64.7 Å². The van der Waals surface area contributed by atoms with Gasteiger partial charge in [-0.2, -0.15) is 0 Å². The summed E-state index contributed by atoms with van der Waals surface area (Å²) in [6.45, 7) is 12.0. The summed E-state index contributed by atoms with van der Waals surface area (Å²) in [7, 11) is 0. The molecule has 1 saturated heterocycles. The Kier molecular flexibility index (Phi) is 4.35. The topological polar surface area (TPSA) is 38.5 Å². The smallest absolute Gasteiger partial charge is 0.0678 e. The third-order valence-electron chi connectivity index (χ3n) is 5.15. The number of hydrogen-bond donors (Lipinski definition) is 1. The van der Waals surface area contributed by atoms with Crippen LogP contribution in [0.5, 0.6) is 0 Å². The molecule has 3 nitrogen and oxygen atoms in total. The summed E-state index contributed by atoms with van der Waals surface area (Å²) in [5.41, 5.74) is 6.43. The van der Waals surface area contributed by atoms with E-state index >= 15 is 0 Å². The first-order valence-electron chi connectivity index (χ1n) is 7.58. The van der Waals surface area contributed by atoms with Gasteiger partial charge in [0.1, 0.15) is 0 Å². The van der Waals surface area contributed by atoms with Gasteiger partial charge in [0.25, 0.3) is 0 Å². The second-order valence-corrected chi connectivity index (χ2v) is 6.75. The van der Waals surface area contributed by atoms with Gasteiger partial charge < -0.3 is 10.5 Å². The van der Waals surface area contributed by atoms with Gasteiger partial charge in [0.2, 0.25) is 0 Å². The molecule has 3 heteroatoms. The quantitative estimate of drug-likeness (QED) is 0.821. The molecule has 0 bridgehead atoms. The van der Waals surface area contributed by atoms with Crippen LogP contribution < -0.4 is 5.73 Å². The van der Waals surface area contributed by atoms with Crippen LogP contribution in [0.3, 0.4) is 0 Å². The van der Waals surface area contributed by atoms with E-state index in [1.807, 2.05) is 0 Å². The molecule has 2 rings (SSSR count). The van der Waals surface area contributed by atoms with Crippen LogP contribution in [-0.4, -0.2) is 42.3 Å². The van der Waals surface area contributed by atoms with Crippen LogP contribution in [0.15, 0.2) is 0 Å². The van der Waals surface area contributed by atoms with Gasteiger partial charge in [0.15, 0.2) is 0 Å². The summed E-state index contributed by atoms with van der Waals surface area (Å²) in [5.74, 6) is 1.55. The van der Waals surface area contributed by atoms with Crippen molar-refractivity contribution in [1.82, 2.24) is 4.90 Å². The molecule has 5 atom stereocenters. The zero-order chi connectivity index (χ0) is 13.3. The zero-order valence-corrected chi connectivity index (χ0v) is 12.5. The lowest BCUT2D eigenvalue weighted by molar-refractivity contribution is -0.122. The van der Waals surface area contributed by atoms with Gasteiger partial charge in [-0.3, -0.25) is 4.90 Å². The van der Waals surface area contributed by atoms with Crippen molar-refractivity contribution < 1.29 is 4.74 Å². The number of ether oxygens (including phenoxy) is 1. The summed E-state index contributed by atoms with van der Waals surface area (Å²) in [6, 6.07) is 0. The van der Waals surface area contributed by atoms with Gasteiger partial charge in [0, 0.05) is 25.2 Å². The predicted molar refractivity (Wildman–Crippen MR) is 75.5 cm³/mol. The Bertz CT molecular complexity index is 274.